The van der Waals surface area contributed by atoms with E-state index in [0.29, 0.717) is 35.7 Å². The molecule has 206 valence electrons. The van der Waals surface area contributed by atoms with Gasteiger partial charge in [-0.25, -0.2) is 8.78 Å². The fourth-order valence-corrected chi connectivity index (χ4v) is 6.44. The maximum Gasteiger partial charge on any atom is 0.261 e. The number of benzene rings is 1. The van der Waals surface area contributed by atoms with E-state index in [1.54, 1.807) is 17.5 Å². The lowest BCUT2D eigenvalue weighted by Gasteiger charge is -2.28. The van der Waals surface area contributed by atoms with E-state index < -0.39 is 5.92 Å². The van der Waals surface area contributed by atoms with Crippen LogP contribution in [-0.4, -0.2) is 64.1 Å². The Kier molecular flexibility index (Phi) is 6.80. The first kappa shape index (κ1) is 26.4. The predicted octanol–water partition coefficient (Wildman–Crippen LogP) is 6.54. The summed E-state index contributed by atoms with van der Waals surface area (Å²) in [5, 5.41) is 10.1. The summed E-state index contributed by atoms with van der Waals surface area (Å²) in [5.41, 5.74) is 13.4. The highest BCUT2D eigenvalue weighted by atomic mass is 32.1. The molecule has 6 nitrogen and oxygen atoms in total. The molecule has 0 aliphatic carbocycles. The van der Waals surface area contributed by atoms with Gasteiger partial charge in [-0.3, -0.25) is 15.3 Å². The van der Waals surface area contributed by atoms with Crippen molar-refractivity contribution in [3.05, 3.63) is 88.3 Å². The quantitative estimate of drug-likeness (QED) is 0.178. The normalized spacial score (nSPS) is 17.4. The van der Waals surface area contributed by atoms with E-state index in [2.05, 4.69) is 53.1 Å². The highest BCUT2D eigenvalue weighted by Gasteiger charge is 2.38. The number of nitrogens with two attached hydrogens (primary N) is 1. The van der Waals surface area contributed by atoms with Crippen molar-refractivity contribution < 1.29 is 8.78 Å². The van der Waals surface area contributed by atoms with Crippen LogP contribution in [0.25, 0.3) is 26.9 Å². The summed E-state index contributed by atoms with van der Waals surface area (Å²) in [6, 6.07) is 11.9. The van der Waals surface area contributed by atoms with E-state index in [9.17, 15) is 8.78 Å². The molecule has 0 radical (unpaired) electrons. The molecule has 0 atom stereocenters. The van der Waals surface area contributed by atoms with E-state index >= 15 is 0 Å². The number of nitrogen functional groups attached to an aromatic ring is 1. The molecule has 3 aromatic heterocycles. The second-order valence-corrected chi connectivity index (χ2v) is 12.0. The number of alkyl halides is 2. The lowest BCUT2D eigenvalue weighted by atomic mass is 9.95. The maximum atomic E-state index is 13.8. The Balaban J connectivity index is 1.31. The van der Waals surface area contributed by atoms with Crippen molar-refractivity contribution >= 4 is 39.2 Å². The van der Waals surface area contributed by atoms with Crippen LogP contribution in [0.4, 0.5) is 14.5 Å². The largest absolute Gasteiger partial charge is 0.398 e. The van der Waals surface area contributed by atoms with Crippen LogP contribution in [0, 0.1) is 12.3 Å². The van der Waals surface area contributed by atoms with Crippen molar-refractivity contribution in [2.75, 3.05) is 38.5 Å². The number of likely N-dealkylation sites (N-methyl/N-ethyl adjacent to an activating group) is 1. The van der Waals surface area contributed by atoms with E-state index in [4.69, 9.17) is 11.1 Å². The molecule has 0 saturated carbocycles. The van der Waals surface area contributed by atoms with Gasteiger partial charge >= 0.3 is 0 Å². The van der Waals surface area contributed by atoms with E-state index in [0.717, 1.165) is 51.1 Å². The Labute approximate surface area is 236 Å². The molecule has 9 heteroatoms. The van der Waals surface area contributed by atoms with Crippen molar-refractivity contribution in [1.29, 1.82) is 5.41 Å². The summed E-state index contributed by atoms with van der Waals surface area (Å²) in [6.45, 7) is 6.44. The number of nitrogens with zero attached hydrogens (tertiary/aromatic N) is 3. The fraction of sp³-hybridized carbons (Fsp3) is 0.290. The molecule has 1 aromatic carbocycles. The van der Waals surface area contributed by atoms with Crippen molar-refractivity contribution in [2.24, 2.45) is 0 Å². The van der Waals surface area contributed by atoms with Crippen molar-refractivity contribution in [2.45, 2.75) is 26.2 Å². The van der Waals surface area contributed by atoms with E-state index in [1.165, 1.54) is 4.88 Å². The van der Waals surface area contributed by atoms with Crippen LogP contribution in [0.2, 0.25) is 0 Å². The minimum Gasteiger partial charge on any atom is -0.398 e. The van der Waals surface area contributed by atoms with Crippen LogP contribution in [0.5, 0.6) is 0 Å². The first-order valence-electron chi connectivity index (χ1n) is 13.5. The monoisotopic (exact) mass is 558 g/mol. The number of nitrogens with one attached hydrogen (secondary N) is 2. The molecular formula is C31H32F2N6S. The van der Waals surface area contributed by atoms with Gasteiger partial charge in [0.1, 0.15) is 0 Å². The van der Waals surface area contributed by atoms with Crippen LogP contribution in [0.15, 0.2) is 66.6 Å². The van der Waals surface area contributed by atoms with Crippen LogP contribution in [0.3, 0.4) is 0 Å². The number of pyridine rings is 1. The van der Waals surface area contributed by atoms with Crippen LogP contribution < -0.4 is 5.73 Å². The molecule has 40 heavy (non-hydrogen) atoms. The summed E-state index contributed by atoms with van der Waals surface area (Å²) in [5.74, 6) is -2.60. The topological polar surface area (TPSA) is 85.0 Å². The summed E-state index contributed by atoms with van der Waals surface area (Å²) in [7, 11) is 0. The average molecular weight is 559 g/mol. The van der Waals surface area contributed by atoms with Gasteiger partial charge in [0.05, 0.1) is 29.7 Å². The van der Waals surface area contributed by atoms with Crippen molar-refractivity contribution in [3.8, 4) is 10.4 Å². The molecule has 0 unspecified atom stereocenters. The maximum absolute atomic E-state index is 13.8. The fourth-order valence-electron chi connectivity index (χ4n) is 5.55. The number of allylic oxidation sites excluding steroid dienone is 2. The second-order valence-electron chi connectivity index (χ2n) is 10.7. The number of likely N-dealkylation sites (tertiary alicyclic amines) is 1. The Morgan fingerprint density at radius 2 is 2.05 bits per heavy atom. The number of fused-ring (bicyclic) bond motifs is 1. The first-order valence-corrected chi connectivity index (χ1v) is 14.3. The third-order valence-electron chi connectivity index (χ3n) is 7.65. The number of thiophene rings is 1. The lowest BCUT2D eigenvalue weighted by molar-refractivity contribution is 0.0130. The molecule has 0 amide bonds. The molecule has 0 bridgehead atoms. The summed E-state index contributed by atoms with van der Waals surface area (Å²) < 4.78 is 27.6. The van der Waals surface area contributed by atoms with Gasteiger partial charge in [0.25, 0.3) is 5.92 Å². The molecule has 4 aromatic rings. The van der Waals surface area contributed by atoms with Crippen molar-refractivity contribution in [3.63, 3.8) is 0 Å². The summed E-state index contributed by atoms with van der Waals surface area (Å²) >= 11 is 1.72. The van der Waals surface area contributed by atoms with Gasteiger partial charge in [-0.2, -0.15) is 0 Å². The Bertz CT molecular complexity index is 1660. The third-order valence-corrected chi connectivity index (χ3v) is 8.68. The number of H-pyrrole nitrogens is 1. The molecule has 1 saturated heterocycles. The van der Waals surface area contributed by atoms with Crippen LogP contribution in [-0.2, 0) is 0 Å². The van der Waals surface area contributed by atoms with Gasteiger partial charge in [0, 0.05) is 77.0 Å². The average Bonchev–Trinajstić information content (AvgIpc) is 3.66. The van der Waals surface area contributed by atoms with Crippen LogP contribution in [0.1, 0.15) is 35.0 Å². The molecule has 5 heterocycles. The molecule has 1 fully saturated rings. The van der Waals surface area contributed by atoms with Gasteiger partial charge in [-0.1, -0.05) is 12.1 Å². The number of aryl methyl sites for hydroxylation is 1. The predicted molar refractivity (Wildman–Crippen MR) is 160 cm³/mol. The molecule has 6 rings (SSSR count). The molecule has 2 aliphatic rings. The van der Waals surface area contributed by atoms with E-state index in [1.807, 2.05) is 35.4 Å². The highest BCUT2D eigenvalue weighted by molar-refractivity contribution is 7.15. The zero-order valence-electron chi connectivity index (χ0n) is 22.6. The van der Waals surface area contributed by atoms with Crippen LogP contribution >= 0.6 is 11.3 Å². The molecule has 4 N–H and O–H groups in total. The Hall–Kier alpha value is -3.82. The second kappa shape index (κ2) is 10.3. The van der Waals surface area contributed by atoms with Gasteiger partial charge < -0.3 is 15.6 Å². The number of aromatic nitrogens is 2. The number of aromatic amines is 1. The Morgan fingerprint density at radius 3 is 2.77 bits per heavy atom. The zero-order valence-corrected chi connectivity index (χ0v) is 23.4. The number of halogens is 2. The lowest BCUT2D eigenvalue weighted by Crippen LogP contribution is -2.32. The van der Waals surface area contributed by atoms with Gasteiger partial charge in [-0.05, 0) is 60.9 Å². The van der Waals surface area contributed by atoms with Gasteiger partial charge in [0.2, 0.25) is 0 Å². The van der Waals surface area contributed by atoms with E-state index in [-0.39, 0.29) is 13.0 Å². The minimum atomic E-state index is -2.60. The summed E-state index contributed by atoms with van der Waals surface area (Å²) in [6.07, 6.45) is 7.77. The first-order chi connectivity index (χ1) is 19.2. The van der Waals surface area contributed by atoms with Gasteiger partial charge in [-0.15, -0.1) is 11.3 Å². The number of anilines is 1. The van der Waals surface area contributed by atoms with Gasteiger partial charge in [0.15, 0.2) is 0 Å². The SMILES string of the molecule is CCN1C=C(c2ccc(N)c(C(=N)c3cc4c(-c5ccc(C)s5)cncc4[nH]3)c2)C=C(CN2CCC(F)(F)C2)C1. The summed E-state index contributed by atoms with van der Waals surface area (Å²) in [4.78, 5) is 14.2. The molecule has 2 aliphatic heterocycles. The van der Waals surface area contributed by atoms with Crippen molar-refractivity contribution in [1.82, 2.24) is 19.8 Å². The molecule has 0 spiro atoms. The third kappa shape index (κ3) is 5.19. The minimum absolute atomic E-state index is 0.0812. The number of hydrogen-bond donors (Lipinski definition) is 3. The standard InChI is InChI=1S/C31H32F2N6S/c1-3-38-15-20(16-39-9-8-31(32,33)18-39)10-22(17-38)21-5-6-26(34)24(11-21)30(35)27-12-23-25(13-36-14-28(23)37-27)29-7-4-19(2)40-29/h4-7,10-14,17,35,37H,3,8-9,15-16,18,34H2,1-2H3. The smallest absolute Gasteiger partial charge is 0.261 e. The zero-order chi connectivity index (χ0) is 28.0. The number of hydrogen-bond acceptors (Lipinski definition) is 6. The number of rotatable bonds is 7. The molecular weight excluding hydrogens is 526 g/mol. The highest BCUT2D eigenvalue weighted by Crippen LogP contribution is 2.35. The Morgan fingerprint density at radius 1 is 1.20 bits per heavy atom.